The van der Waals surface area contributed by atoms with Crippen molar-refractivity contribution in [2.45, 2.75) is 48.2 Å². The van der Waals surface area contributed by atoms with Crippen LogP contribution < -0.4 is 17.0 Å². The quantitative estimate of drug-likeness (QED) is 0.0358. The summed E-state index contributed by atoms with van der Waals surface area (Å²) in [4.78, 5) is 72.0. The number of aliphatic hydroxyl groups is 2. The van der Waals surface area contributed by atoms with Crippen molar-refractivity contribution < 1.29 is 75.6 Å². The second-order valence-corrected chi connectivity index (χ2v) is 16.7. The minimum Gasteiger partial charge on any atom is -0.387 e. The molecule has 2 unspecified atom stereocenters. The first-order valence-corrected chi connectivity index (χ1v) is 20.3. The first-order chi connectivity index (χ1) is 24.9. The maximum Gasteiger partial charge on any atom is 0.490 e. The summed E-state index contributed by atoms with van der Waals surface area (Å²) in [6, 6.07) is 0. The third-order valence-electron chi connectivity index (χ3n) is 7.72. The van der Waals surface area contributed by atoms with Gasteiger partial charge < -0.3 is 60.2 Å². The number of nitrogens with one attached hydrogen (secondary N) is 1. The highest BCUT2D eigenvalue weighted by atomic mass is 32.2. The molecule has 2 aliphatic heterocycles. The zero-order chi connectivity index (χ0) is 38.5. The van der Waals surface area contributed by atoms with Crippen molar-refractivity contribution in [1.82, 2.24) is 39.0 Å². The molecule has 31 heteroatoms. The molecule has 0 aromatic carbocycles. The molecule has 4 aromatic heterocycles. The molecule has 0 amide bonds. The molecule has 10 atom stereocenters. The number of imidazole rings is 2. The van der Waals surface area contributed by atoms with Gasteiger partial charge in [-0.25, -0.2) is 33.6 Å². The predicted octanol–water partition coefficient (Wildman–Crippen LogP) is -1.93. The Balaban J connectivity index is 1.15. The Morgan fingerprint density at radius 1 is 0.887 bits per heavy atom. The molecule has 0 aliphatic carbocycles. The number of aliphatic hydroxyl groups excluding tert-OH is 2. The van der Waals surface area contributed by atoms with E-state index >= 15 is 0 Å². The van der Waals surface area contributed by atoms with Crippen molar-refractivity contribution in [3.63, 3.8) is 0 Å². The van der Waals surface area contributed by atoms with Crippen molar-refractivity contribution in [2.75, 3.05) is 37.7 Å². The number of methoxy groups -OCH3 is 1. The highest BCUT2D eigenvalue weighted by molar-refractivity contribution is 7.99. The number of nitrogen functional groups attached to an aromatic ring is 2. The summed E-state index contributed by atoms with van der Waals surface area (Å²) in [6.07, 6.45) is -4.74. The van der Waals surface area contributed by atoms with Gasteiger partial charge in [0.25, 0.3) is 5.56 Å². The number of aromatic amines is 1. The second kappa shape index (κ2) is 15.3. The van der Waals surface area contributed by atoms with Gasteiger partial charge in [-0.2, -0.15) is 13.6 Å². The van der Waals surface area contributed by atoms with Crippen molar-refractivity contribution in [3.05, 3.63) is 29.3 Å². The number of nitrogens with two attached hydrogens (primary N) is 2. The van der Waals surface area contributed by atoms with Gasteiger partial charge >= 0.3 is 23.5 Å². The maximum absolute atomic E-state index is 12.5. The number of hydrogen-bond acceptors (Lipinski definition) is 21. The van der Waals surface area contributed by atoms with Crippen molar-refractivity contribution in [2.24, 2.45) is 0 Å². The van der Waals surface area contributed by atoms with E-state index in [1.807, 2.05) is 0 Å². The van der Waals surface area contributed by atoms with Crippen molar-refractivity contribution in [3.8, 4) is 0 Å². The van der Waals surface area contributed by atoms with Crippen molar-refractivity contribution >= 4 is 69.3 Å². The highest BCUT2D eigenvalue weighted by Crippen LogP contribution is 2.66. The minimum absolute atomic E-state index is 0.00282. The standard InChI is InChI=1S/C22H31N10O17P3S/c1-43-14-15(53-7-44-2-8-12(33)13(34)20(46-8)32-6-28-11-18(32)29-22(24)30-19(11)35)9(3-45-51(39,40)49-52(41,42)48-50(36,37)38)47-21(14)31-5-27-10-16(23)25-4-26-17(10)31/h4-6,8-9,12-15,20-21,33-34H,2-3,7H2,1H3,(H,39,40)(H,41,42)(H2,23,25,26)(H2,36,37,38)(H3,24,29,30,35)/t8-,9-,12-,13-,14-,15-,20-,21-/m1/s1. The van der Waals surface area contributed by atoms with Gasteiger partial charge in [0, 0.05) is 7.11 Å². The molecule has 6 heterocycles. The molecule has 11 N–H and O–H groups in total. The molecule has 2 fully saturated rings. The SMILES string of the molecule is CO[C@@H]1[C@H](SCOC[C@H]2O[C@@H](n3cnc4c(=O)[nH]c(N)nc43)[C@H](O)[C@@H]2O)[C@@H](COP(=O)(O)OP(=O)(O)OP(=O)(O)O)O[C@H]1n1cnc2c(N)ncnc21. The molecular weight excluding hydrogens is 801 g/mol. The molecule has 0 radical (unpaired) electrons. The van der Waals surface area contributed by atoms with Gasteiger partial charge in [-0.15, -0.1) is 11.8 Å². The van der Waals surface area contributed by atoms with E-state index in [0.717, 1.165) is 11.8 Å². The van der Waals surface area contributed by atoms with Gasteiger partial charge in [0.15, 0.2) is 35.1 Å². The third-order valence-corrected chi connectivity index (χ3v) is 12.8. The zero-order valence-electron chi connectivity index (χ0n) is 26.7. The lowest BCUT2D eigenvalue weighted by molar-refractivity contribution is -0.0598. The molecule has 2 aliphatic rings. The van der Waals surface area contributed by atoms with Crippen LogP contribution in [0, 0.1) is 0 Å². The lowest BCUT2D eigenvalue weighted by atomic mass is 10.1. The number of fused-ring (bicyclic) bond motifs is 2. The Morgan fingerprint density at radius 3 is 2.26 bits per heavy atom. The van der Waals surface area contributed by atoms with E-state index in [2.05, 4.69) is 38.5 Å². The Morgan fingerprint density at radius 2 is 1.57 bits per heavy atom. The first kappa shape index (κ1) is 39.7. The molecule has 0 spiro atoms. The number of hydrogen-bond donors (Lipinski definition) is 9. The second-order valence-electron chi connectivity index (χ2n) is 11.2. The van der Waals surface area contributed by atoms with Crippen LogP contribution in [0.5, 0.6) is 0 Å². The van der Waals surface area contributed by atoms with Crippen LogP contribution in [0.25, 0.3) is 22.3 Å². The van der Waals surface area contributed by atoms with Crippen LogP contribution in [-0.4, -0.2) is 131 Å². The van der Waals surface area contributed by atoms with Crippen molar-refractivity contribution in [1.29, 1.82) is 0 Å². The number of phosphoric acid groups is 3. The summed E-state index contributed by atoms with van der Waals surface area (Å²) in [5, 5.41) is 20.6. The Labute approximate surface area is 299 Å². The zero-order valence-corrected chi connectivity index (χ0v) is 30.2. The smallest absolute Gasteiger partial charge is 0.387 e. The number of rotatable bonds is 15. The predicted molar refractivity (Wildman–Crippen MR) is 175 cm³/mol. The summed E-state index contributed by atoms with van der Waals surface area (Å²) >= 11 is 1.03. The van der Waals surface area contributed by atoms with Gasteiger partial charge in [0.2, 0.25) is 5.95 Å². The van der Waals surface area contributed by atoms with Crippen LogP contribution in [0.2, 0.25) is 0 Å². The molecule has 6 rings (SSSR count). The molecule has 292 valence electrons. The fraction of sp³-hybridized carbons (Fsp3) is 0.545. The van der Waals surface area contributed by atoms with Crippen LogP contribution >= 0.6 is 35.2 Å². The monoisotopic (exact) mass is 832 g/mol. The fourth-order valence-electron chi connectivity index (χ4n) is 5.56. The van der Waals surface area contributed by atoms with Gasteiger partial charge in [-0.1, -0.05) is 0 Å². The summed E-state index contributed by atoms with van der Waals surface area (Å²) in [5.41, 5.74) is 11.3. The summed E-state index contributed by atoms with van der Waals surface area (Å²) in [5.74, 6) is -0.329. The van der Waals surface area contributed by atoms with Gasteiger partial charge in [0.1, 0.15) is 36.3 Å². The first-order valence-electron chi connectivity index (χ1n) is 14.7. The Hall–Kier alpha value is -2.98. The lowest BCUT2D eigenvalue weighted by Gasteiger charge is -2.24. The van der Waals surface area contributed by atoms with Gasteiger partial charge in [0.05, 0.1) is 43.2 Å². The third kappa shape index (κ3) is 8.64. The number of thioether (sulfide) groups is 1. The van der Waals surface area contributed by atoms with Crippen LogP contribution in [-0.2, 0) is 45.8 Å². The molecule has 27 nitrogen and oxygen atoms in total. The number of anilines is 2. The molecular formula is C22H31N10O17P3S. The summed E-state index contributed by atoms with van der Waals surface area (Å²) in [6.45, 7) is -1.12. The minimum atomic E-state index is -5.80. The van der Waals surface area contributed by atoms with Crippen LogP contribution in [0.15, 0.2) is 23.8 Å². The number of aromatic nitrogens is 8. The van der Waals surface area contributed by atoms with Gasteiger partial charge in [-0.05, 0) is 0 Å². The highest BCUT2D eigenvalue weighted by Gasteiger charge is 2.49. The molecule has 53 heavy (non-hydrogen) atoms. The van der Waals surface area contributed by atoms with E-state index in [-0.39, 0.29) is 46.6 Å². The van der Waals surface area contributed by atoms with E-state index < -0.39 is 83.9 Å². The molecule has 4 aromatic rings. The van der Waals surface area contributed by atoms with E-state index in [0.29, 0.717) is 0 Å². The van der Waals surface area contributed by atoms with E-state index in [1.165, 1.54) is 35.2 Å². The average Bonchev–Trinajstić information content (AvgIpc) is 3.81. The van der Waals surface area contributed by atoms with E-state index in [9.17, 15) is 38.5 Å². The number of phosphoric ester groups is 1. The number of H-pyrrole nitrogens is 1. The van der Waals surface area contributed by atoms with E-state index in [1.54, 1.807) is 0 Å². The number of ether oxygens (including phenoxy) is 4. The van der Waals surface area contributed by atoms with Crippen LogP contribution in [0.3, 0.4) is 0 Å². The Bertz CT molecular complexity index is 2170. The van der Waals surface area contributed by atoms with Crippen LogP contribution in [0.1, 0.15) is 12.5 Å². The molecule has 2 saturated heterocycles. The molecule has 0 bridgehead atoms. The fourth-order valence-corrected chi connectivity index (χ4v) is 9.73. The lowest BCUT2D eigenvalue weighted by Crippen LogP contribution is -2.35. The maximum atomic E-state index is 12.5. The largest absolute Gasteiger partial charge is 0.490 e. The van der Waals surface area contributed by atoms with E-state index in [4.69, 9.17) is 44.7 Å². The number of nitrogens with zero attached hydrogens (tertiary/aromatic N) is 7. The molecule has 0 saturated carbocycles. The summed E-state index contributed by atoms with van der Waals surface area (Å²) < 4.78 is 73.9. The topological polar surface area (TPSA) is 396 Å². The average molecular weight is 833 g/mol. The Kier molecular flexibility index (Phi) is 11.4. The summed E-state index contributed by atoms with van der Waals surface area (Å²) in [7, 11) is -15.6. The van der Waals surface area contributed by atoms with Crippen LogP contribution in [0.4, 0.5) is 11.8 Å². The van der Waals surface area contributed by atoms with Gasteiger partial charge in [-0.3, -0.25) is 23.4 Å². The normalized spacial score (nSPS) is 28.8.